The fourth-order valence-electron chi connectivity index (χ4n) is 5.00. The molecule has 2 aromatic heterocycles. The molecule has 2 aromatic carbocycles. The van der Waals surface area contributed by atoms with Crippen molar-refractivity contribution in [1.82, 2.24) is 29.6 Å². The van der Waals surface area contributed by atoms with Gasteiger partial charge in [-0.15, -0.1) is 0 Å². The number of carbonyl (C=O) groups is 1. The summed E-state index contributed by atoms with van der Waals surface area (Å²) in [6.07, 6.45) is 3.32. The number of amides is 1. The summed E-state index contributed by atoms with van der Waals surface area (Å²) in [5.74, 6) is 1.45. The Balaban J connectivity index is 1.38. The van der Waals surface area contributed by atoms with Crippen LogP contribution in [-0.2, 0) is 11.3 Å². The molecule has 9 nitrogen and oxygen atoms in total. The molecule has 0 spiro atoms. The van der Waals surface area contributed by atoms with Crippen LogP contribution in [0.5, 0.6) is 0 Å². The fraction of sp³-hybridized carbons (Fsp3) is 0.321. The Morgan fingerprint density at radius 3 is 2.63 bits per heavy atom. The molecule has 0 saturated heterocycles. The summed E-state index contributed by atoms with van der Waals surface area (Å²) in [5.41, 5.74) is 3.72. The van der Waals surface area contributed by atoms with Crippen LogP contribution < -0.4 is 10.6 Å². The Labute approximate surface area is 220 Å². The quantitative estimate of drug-likeness (QED) is 0.374. The molecule has 1 atom stereocenters. The highest BCUT2D eigenvalue weighted by molar-refractivity contribution is 5.82. The maximum absolute atomic E-state index is 15.0. The second kappa shape index (κ2) is 9.85. The van der Waals surface area contributed by atoms with Crippen molar-refractivity contribution in [3.63, 3.8) is 0 Å². The van der Waals surface area contributed by atoms with E-state index in [9.17, 15) is 4.79 Å². The summed E-state index contributed by atoms with van der Waals surface area (Å²) >= 11 is 0. The predicted molar refractivity (Wildman–Crippen MR) is 142 cm³/mol. The number of rotatable bonds is 7. The first kappa shape index (κ1) is 24.0. The van der Waals surface area contributed by atoms with Gasteiger partial charge in [-0.2, -0.15) is 10.1 Å². The van der Waals surface area contributed by atoms with Gasteiger partial charge < -0.3 is 15.5 Å². The van der Waals surface area contributed by atoms with Gasteiger partial charge in [0.25, 0.3) is 0 Å². The zero-order chi connectivity index (χ0) is 26.2. The first-order chi connectivity index (χ1) is 18.5. The molecule has 2 N–H and O–H groups in total. The first-order valence-electron chi connectivity index (χ1n) is 12.9. The molecular weight excluding hydrogens is 483 g/mol. The van der Waals surface area contributed by atoms with Gasteiger partial charge in [0.1, 0.15) is 23.7 Å². The molecule has 6 rings (SSSR count). The van der Waals surface area contributed by atoms with Crippen molar-refractivity contribution in [1.29, 1.82) is 0 Å². The summed E-state index contributed by atoms with van der Waals surface area (Å²) < 4.78 is 16.5. The van der Waals surface area contributed by atoms with Crippen molar-refractivity contribution in [3.05, 3.63) is 83.3 Å². The van der Waals surface area contributed by atoms with Gasteiger partial charge in [-0.3, -0.25) is 4.79 Å². The van der Waals surface area contributed by atoms with Crippen molar-refractivity contribution in [3.8, 4) is 5.69 Å². The summed E-state index contributed by atoms with van der Waals surface area (Å²) in [5, 5.41) is 10.6. The molecule has 1 aliphatic carbocycles. The molecule has 1 unspecified atom stereocenters. The number of benzene rings is 2. The van der Waals surface area contributed by atoms with Crippen LogP contribution >= 0.6 is 0 Å². The number of carbonyl (C=O) groups excluding carboxylic acids is 1. The summed E-state index contributed by atoms with van der Waals surface area (Å²) in [6.45, 7) is 5.47. The van der Waals surface area contributed by atoms with Gasteiger partial charge in [-0.05, 0) is 50.5 Å². The number of halogens is 1. The zero-order valence-electron chi connectivity index (χ0n) is 21.4. The Morgan fingerprint density at radius 2 is 1.95 bits per heavy atom. The van der Waals surface area contributed by atoms with E-state index in [4.69, 9.17) is 9.97 Å². The van der Waals surface area contributed by atoms with E-state index >= 15 is 4.39 Å². The van der Waals surface area contributed by atoms with E-state index in [1.807, 2.05) is 30.0 Å². The van der Waals surface area contributed by atoms with Crippen LogP contribution in [0.1, 0.15) is 48.3 Å². The van der Waals surface area contributed by atoms with Gasteiger partial charge in [0.05, 0.1) is 12.2 Å². The molecule has 0 bridgehead atoms. The lowest BCUT2D eigenvalue weighted by atomic mass is 9.88. The van der Waals surface area contributed by atoms with Gasteiger partial charge in [-0.25, -0.2) is 19.0 Å². The minimum atomic E-state index is -0.440. The Kier molecular flexibility index (Phi) is 6.22. The molecule has 4 aromatic rings. The lowest BCUT2D eigenvalue weighted by molar-refractivity contribution is -0.133. The van der Waals surface area contributed by atoms with Crippen molar-refractivity contribution in [2.75, 3.05) is 23.7 Å². The molecule has 10 heteroatoms. The van der Waals surface area contributed by atoms with E-state index in [1.165, 1.54) is 17.1 Å². The van der Waals surface area contributed by atoms with Gasteiger partial charge in [0, 0.05) is 36.2 Å². The minimum Gasteiger partial charge on any atom is -0.370 e. The Bertz CT molecular complexity index is 1480. The third kappa shape index (κ3) is 4.57. The SMILES string of the molecule is CCNc1nc(Nc2ccc(-n3ncnc3C)c(F)c2)nc2c1CN(C(=O)C1CC1)CC2c1ccccc1. The molecule has 0 radical (unpaired) electrons. The highest BCUT2D eigenvalue weighted by atomic mass is 19.1. The van der Waals surface area contributed by atoms with Gasteiger partial charge >= 0.3 is 0 Å². The van der Waals surface area contributed by atoms with Crippen molar-refractivity contribution >= 4 is 23.4 Å². The smallest absolute Gasteiger partial charge is 0.229 e. The van der Waals surface area contributed by atoms with Crippen molar-refractivity contribution in [2.24, 2.45) is 5.92 Å². The zero-order valence-corrected chi connectivity index (χ0v) is 21.4. The van der Waals surface area contributed by atoms with E-state index in [1.54, 1.807) is 19.1 Å². The minimum absolute atomic E-state index is 0.0991. The number of nitrogens with zero attached hydrogens (tertiary/aromatic N) is 6. The number of hydrogen-bond acceptors (Lipinski definition) is 7. The number of hydrogen-bond donors (Lipinski definition) is 2. The maximum Gasteiger partial charge on any atom is 0.229 e. The van der Waals surface area contributed by atoms with E-state index in [0.29, 0.717) is 48.6 Å². The van der Waals surface area contributed by atoms with Crippen LogP contribution in [0.2, 0.25) is 0 Å². The standard InChI is InChI=1S/C28H29FN8O/c1-3-30-26-22-15-36(27(38)19-9-10-19)14-21(18-7-5-4-6-8-18)25(22)34-28(35-26)33-20-11-12-24(23(29)13-20)37-17(2)31-16-32-37/h4-8,11-13,16,19,21H,3,9-10,14-15H2,1-2H3,(H2,30,33,34,35). The molecule has 194 valence electrons. The molecule has 1 saturated carbocycles. The normalized spacial score (nSPS) is 16.7. The van der Waals surface area contributed by atoms with E-state index in [0.717, 1.165) is 29.7 Å². The van der Waals surface area contributed by atoms with Crippen molar-refractivity contribution in [2.45, 2.75) is 39.2 Å². The lowest BCUT2D eigenvalue weighted by Gasteiger charge is -2.35. The molecular formula is C28H29FN8O. The van der Waals surface area contributed by atoms with E-state index < -0.39 is 5.82 Å². The third-order valence-electron chi connectivity index (χ3n) is 7.06. The highest BCUT2D eigenvalue weighted by Gasteiger charge is 2.39. The summed E-state index contributed by atoms with van der Waals surface area (Å²) in [7, 11) is 0. The number of fused-ring (bicyclic) bond motifs is 1. The summed E-state index contributed by atoms with van der Waals surface area (Å²) in [6, 6.07) is 14.9. The predicted octanol–water partition coefficient (Wildman–Crippen LogP) is 4.56. The molecule has 1 aliphatic heterocycles. The van der Waals surface area contributed by atoms with Crippen LogP contribution in [0.4, 0.5) is 21.8 Å². The first-order valence-corrected chi connectivity index (χ1v) is 12.9. The third-order valence-corrected chi connectivity index (χ3v) is 7.06. The number of anilines is 3. The van der Waals surface area contributed by atoms with Gasteiger partial charge in [0.2, 0.25) is 11.9 Å². The van der Waals surface area contributed by atoms with E-state index in [-0.39, 0.29) is 17.7 Å². The Hall–Kier alpha value is -4.34. The topological polar surface area (TPSA) is 101 Å². The van der Waals surface area contributed by atoms with Crippen LogP contribution in [0.15, 0.2) is 54.9 Å². The van der Waals surface area contributed by atoms with Crippen LogP contribution in [0, 0.1) is 18.7 Å². The Morgan fingerprint density at radius 1 is 1.13 bits per heavy atom. The van der Waals surface area contributed by atoms with Crippen LogP contribution in [-0.4, -0.2) is 48.6 Å². The summed E-state index contributed by atoms with van der Waals surface area (Å²) in [4.78, 5) is 28.8. The number of nitrogens with one attached hydrogen (secondary N) is 2. The molecule has 1 amide bonds. The number of aryl methyl sites for hydroxylation is 1. The molecule has 2 aliphatic rings. The van der Waals surface area contributed by atoms with Crippen LogP contribution in [0.25, 0.3) is 5.69 Å². The molecule has 38 heavy (non-hydrogen) atoms. The number of aromatic nitrogens is 5. The second-order valence-corrected chi connectivity index (χ2v) is 9.76. The monoisotopic (exact) mass is 512 g/mol. The molecule has 3 heterocycles. The molecule has 1 fully saturated rings. The van der Waals surface area contributed by atoms with E-state index in [2.05, 4.69) is 32.8 Å². The average molecular weight is 513 g/mol. The van der Waals surface area contributed by atoms with Crippen LogP contribution in [0.3, 0.4) is 0 Å². The lowest BCUT2D eigenvalue weighted by Crippen LogP contribution is -2.40. The van der Waals surface area contributed by atoms with Crippen molar-refractivity contribution < 1.29 is 9.18 Å². The van der Waals surface area contributed by atoms with Gasteiger partial charge in [0.15, 0.2) is 5.82 Å². The van der Waals surface area contributed by atoms with Gasteiger partial charge in [-0.1, -0.05) is 30.3 Å². The fourth-order valence-corrected chi connectivity index (χ4v) is 5.00. The second-order valence-electron chi connectivity index (χ2n) is 9.76. The largest absolute Gasteiger partial charge is 0.370 e. The maximum atomic E-state index is 15.0. The average Bonchev–Trinajstić information content (AvgIpc) is 3.69. The highest BCUT2D eigenvalue weighted by Crippen LogP contribution is 2.39.